The quantitative estimate of drug-likeness (QED) is 0.749. The average molecular weight is 269 g/mol. The van der Waals surface area contributed by atoms with Crippen molar-refractivity contribution in [1.29, 1.82) is 0 Å². The largest absolute Gasteiger partial charge is 0.432 e. The van der Waals surface area contributed by atoms with Crippen LogP contribution in [0.15, 0.2) is 28.9 Å². The molecule has 3 rings (SSSR count). The van der Waals surface area contributed by atoms with Gasteiger partial charge in [-0.3, -0.25) is 10.1 Å². The van der Waals surface area contributed by atoms with Crippen LogP contribution in [-0.4, -0.2) is 15.9 Å². The first-order chi connectivity index (χ1) is 9.54. The number of carbonyl (C=O) groups is 1. The van der Waals surface area contributed by atoms with Crippen LogP contribution in [0.2, 0.25) is 0 Å². The Morgan fingerprint density at radius 2 is 2.10 bits per heavy atom. The van der Waals surface area contributed by atoms with E-state index in [2.05, 4.69) is 15.3 Å². The molecule has 1 amide bonds. The zero-order valence-electron chi connectivity index (χ0n) is 11.6. The van der Waals surface area contributed by atoms with Gasteiger partial charge in [0.2, 0.25) is 0 Å². The fraction of sp³-hybridized carbons (Fsp3) is 0.200. The molecule has 0 spiro atoms. The third kappa shape index (κ3) is 2.07. The van der Waals surface area contributed by atoms with Crippen LogP contribution in [0.3, 0.4) is 0 Å². The van der Waals surface area contributed by atoms with Crippen molar-refractivity contribution in [3.63, 3.8) is 0 Å². The Balaban J connectivity index is 1.93. The highest BCUT2D eigenvalue weighted by molar-refractivity contribution is 6.05. The summed E-state index contributed by atoms with van der Waals surface area (Å²) < 4.78 is 5.12. The number of fused-ring (bicyclic) bond motifs is 1. The summed E-state index contributed by atoms with van der Waals surface area (Å²) in [7, 11) is 0. The highest BCUT2D eigenvalue weighted by Crippen LogP contribution is 2.22. The van der Waals surface area contributed by atoms with E-state index in [0.717, 1.165) is 27.9 Å². The molecule has 2 N–H and O–H groups in total. The molecule has 5 heteroatoms. The van der Waals surface area contributed by atoms with E-state index in [-0.39, 0.29) is 11.9 Å². The minimum atomic E-state index is -0.230. The van der Waals surface area contributed by atoms with E-state index < -0.39 is 0 Å². The first-order valence-corrected chi connectivity index (χ1v) is 6.37. The molecule has 0 atom stereocenters. The summed E-state index contributed by atoms with van der Waals surface area (Å²) in [5.41, 5.74) is 4.61. The second-order valence-corrected chi connectivity index (χ2v) is 4.88. The molecule has 0 saturated carbocycles. The summed E-state index contributed by atoms with van der Waals surface area (Å²) in [4.78, 5) is 19.5. The van der Waals surface area contributed by atoms with Gasteiger partial charge in [0.05, 0.1) is 5.69 Å². The minimum absolute atomic E-state index is 0.217. The maximum Gasteiger partial charge on any atom is 0.301 e. The van der Waals surface area contributed by atoms with Crippen molar-refractivity contribution < 1.29 is 9.21 Å². The third-order valence-electron chi connectivity index (χ3n) is 3.41. The van der Waals surface area contributed by atoms with E-state index in [4.69, 9.17) is 4.42 Å². The van der Waals surface area contributed by atoms with E-state index >= 15 is 0 Å². The molecule has 0 saturated heterocycles. The number of anilines is 1. The van der Waals surface area contributed by atoms with Gasteiger partial charge in [0.1, 0.15) is 6.26 Å². The van der Waals surface area contributed by atoms with Crippen LogP contribution in [0.25, 0.3) is 10.9 Å². The Morgan fingerprint density at radius 3 is 2.80 bits per heavy atom. The molecule has 0 bridgehead atoms. The molecule has 0 aliphatic rings. The number of aryl methyl sites for hydroxylation is 3. The number of hydrogen-bond acceptors (Lipinski definition) is 3. The van der Waals surface area contributed by atoms with Crippen LogP contribution in [-0.2, 0) is 0 Å². The predicted molar refractivity (Wildman–Crippen MR) is 77.0 cm³/mol. The zero-order valence-corrected chi connectivity index (χ0v) is 11.6. The van der Waals surface area contributed by atoms with Crippen LogP contribution < -0.4 is 5.32 Å². The summed E-state index contributed by atoms with van der Waals surface area (Å²) in [6.45, 7) is 5.86. The smallest absolute Gasteiger partial charge is 0.301 e. The van der Waals surface area contributed by atoms with Gasteiger partial charge in [-0.15, -0.1) is 0 Å². The number of aromatic amines is 1. The van der Waals surface area contributed by atoms with Crippen molar-refractivity contribution in [2.45, 2.75) is 20.8 Å². The second-order valence-electron chi connectivity index (χ2n) is 4.88. The molecule has 0 radical (unpaired) electrons. The average Bonchev–Trinajstić information content (AvgIpc) is 2.94. The first kappa shape index (κ1) is 12.5. The molecular weight excluding hydrogens is 254 g/mol. The van der Waals surface area contributed by atoms with Crippen molar-refractivity contribution >= 4 is 22.8 Å². The normalized spacial score (nSPS) is 10.9. The monoisotopic (exact) mass is 269 g/mol. The van der Waals surface area contributed by atoms with Gasteiger partial charge in [-0.25, -0.2) is 0 Å². The van der Waals surface area contributed by atoms with E-state index in [1.807, 2.05) is 26.0 Å². The number of hydrogen-bond donors (Lipinski definition) is 2. The standard InChI is InChI=1S/C15H15N3O2/c1-8-7-20-15(16-8)18-14(19)11-4-5-13-12(6-11)9(2)10(3)17-13/h4-7,17H,1-3H3,(H,16,18,19). The van der Waals surface area contributed by atoms with Crippen molar-refractivity contribution in [3.8, 4) is 0 Å². The predicted octanol–water partition coefficient (Wildman–Crippen LogP) is 3.33. The van der Waals surface area contributed by atoms with Crippen LogP contribution in [0.5, 0.6) is 0 Å². The maximum atomic E-state index is 12.2. The zero-order chi connectivity index (χ0) is 14.3. The summed E-state index contributed by atoms with van der Waals surface area (Å²) in [6, 6.07) is 5.78. The molecule has 3 aromatic rings. The molecule has 1 aromatic carbocycles. The lowest BCUT2D eigenvalue weighted by atomic mass is 10.1. The lowest BCUT2D eigenvalue weighted by Gasteiger charge is -2.01. The molecule has 0 aliphatic heterocycles. The maximum absolute atomic E-state index is 12.2. The Morgan fingerprint density at radius 1 is 1.30 bits per heavy atom. The summed E-state index contributed by atoms with van der Waals surface area (Å²) in [6.07, 6.45) is 1.50. The number of oxazole rings is 1. The minimum Gasteiger partial charge on any atom is -0.432 e. The van der Waals surface area contributed by atoms with Gasteiger partial charge in [0.25, 0.3) is 5.91 Å². The molecule has 0 fully saturated rings. The molecule has 0 unspecified atom stereocenters. The fourth-order valence-corrected chi connectivity index (χ4v) is 2.18. The van der Waals surface area contributed by atoms with Gasteiger partial charge >= 0.3 is 6.01 Å². The van der Waals surface area contributed by atoms with Crippen LogP contribution in [0.4, 0.5) is 6.01 Å². The van der Waals surface area contributed by atoms with Gasteiger partial charge in [-0.1, -0.05) is 0 Å². The van der Waals surface area contributed by atoms with E-state index in [9.17, 15) is 4.79 Å². The number of nitrogens with zero attached hydrogens (tertiary/aromatic N) is 1. The summed E-state index contributed by atoms with van der Waals surface area (Å²) in [5, 5.41) is 3.70. The highest BCUT2D eigenvalue weighted by atomic mass is 16.4. The summed E-state index contributed by atoms with van der Waals surface area (Å²) >= 11 is 0. The topological polar surface area (TPSA) is 70.9 Å². The van der Waals surface area contributed by atoms with Crippen molar-refractivity contribution in [2.75, 3.05) is 5.32 Å². The van der Waals surface area contributed by atoms with Crippen molar-refractivity contribution in [3.05, 3.63) is 47.0 Å². The molecule has 102 valence electrons. The molecule has 5 nitrogen and oxygen atoms in total. The van der Waals surface area contributed by atoms with E-state index in [1.165, 1.54) is 6.26 Å². The Kier molecular flexibility index (Phi) is 2.82. The van der Waals surface area contributed by atoms with Crippen molar-refractivity contribution in [1.82, 2.24) is 9.97 Å². The second kappa shape index (κ2) is 4.52. The van der Waals surface area contributed by atoms with Crippen molar-refractivity contribution in [2.24, 2.45) is 0 Å². The highest BCUT2D eigenvalue weighted by Gasteiger charge is 2.12. The summed E-state index contributed by atoms with van der Waals surface area (Å²) in [5.74, 6) is -0.230. The van der Waals surface area contributed by atoms with Crippen LogP contribution in [0, 0.1) is 20.8 Å². The molecular formula is C15H15N3O2. The number of rotatable bonds is 2. The van der Waals surface area contributed by atoms with E-state index in [0.29, 0.717) is 5.56 Å². The fourth-order valence-electron chi connectivity index (χ4n) is 2.18. The van der Waals surface area contributed by atoms with Crippen LogP contribution in [0.1, 0.15) is 27.3 Å². The van der Waals surface area contributed by atoms with Crippen LogP contribution >= 0.6 is 0 Å². The molecule has 2 aromatic heterocycles. The Labute approximate surface area is 116 Å². The Hall–Kier alpha value is -2.56. The van der Waals surface area contributed by atoms with Gasteiger partial charge in [-0.2, -0.15) is 4.98 Å². The number of nitrogens with one attached hydrogen (secondary N) is 2. The number of aromatic nitrogens is 2. The molecule has 0 aliphatic carbocycles. The number of benzene rings is 1. The lowest BCUT2D eigenvalue weighted by molar-refractivity contribution is 0.102. The van der Waals surface area contributed by atoms with Gasteiger partial charge in [0, 0.05) is 22.2 Å². The SMILES string of the molecule is Cc1coc(NC(=O)c2ccc3[nH]c(C)c(C)c3c2)n1. The van der Waals surface area contributed by atoms with Gasteiger partial charge in [-0.05, 0) is 44.5 Å². The number of amides is 1. The number of carbonyl (C=O) groups excluding carboxylic acids is 1. The third-order valence-corrected chi connectivity index (χ3v) is 3.41. The Bertz CT molecular complexity index is 799. The number of H-pyrrole nitrogens is 1. The lowest BCUT2D eigenvalue weighted by Crippen LogP contribution is -2.11. The van der Waals surface area contributed by atoms with Gasteiger partial charge in [0.15, 0.2) is 0 Å². The molecule has 20 heavy (non-hydrogen) atoms. The molecule has 2 heterocycles. The van der Waals surface area contributed by atoms with E-state index in [1.54, 1.807) is 13.0 Å². The first-order valence-electron chi connectivity index (χ1n) is 6.37. The van der Waals surface area contributed by atoms with Gasteiger partial charge < -0.3 is 9.40 Å².